The average Bonchev–Trinajstić information content (AvgIpc) is 3.55. The third kappa shape index (κ3) is 5.58. The number of aromatic amines is 1. The van der Waals surface area contributed by atoms with Gasteiger partial charge in [-0.3, -0.25) is 14.5 Å². The Morgan fingerprint density at radius 3 is 2.67 bits per heavy atom. The number of H-pyrrole nitrogens is 1. The van der Waals surface area contributed by atoms with Gasteiger partial charge in [-0.15, -0.1) is 11.8 Å². The summed E-state index contributed by atoms with van der Waals surface area (Å²) in [6.07, 6.45) is 10.1. The van der Waals surface area contributed by atoms with E-state index in [2.05, 4.69) is 15.2 Å². The van der Waals surface area contributed by atoms with Crippen molar-refractivity contribution in [3.63, 3.8) is 0 Å². The quantitative estimate of drug-likeness (QED) is 0.398. The summed E-state index contributed by atoms with van der Waals surface area (Å²) >= 11 is 8.19. The van der Waals surface area contributed by atoms with Gasteiger partial charge in [-0.05, 0) is 83.1 Å². The number of methoxy groups -OCH3 is 1. The van der Waals surface area contributed by atoms with E-state index in [1.165, 1.54) is 37.6 Å². The number of hydrogen-bond donors (Lipinski definition) is 2. The molecule has 5 aliphatic rings. The molecular weight excluding hydrogens is 574 g/mol. The number of amides is 1. The Balaban J connectivity index is 1.16. The zero-order valence-corrected chi connectivity index (χ0v) is 26.5. The van der Waals surface area contributed by atoms with E-state index < -0.39 is 0 Å². The van der Waals surface area contributed by atoms with Crippen molar-refractivity contribution in [2.24, 2.45) is 11.8 Å². The number of pyridine rings is 1. The van der Waals surface area contributed by atoms with Crippen molar-refractivity contribution < 1.29 is 19.0 Å². The smallest absolute Gasteiger partial charge is 0.254 e. The van der Waals surface area contributed by atoms with Crippen LogP contribution in [-0.2, 0) is 11.3 Å². The van der Waals surface area contributed by atoms with Crippen LogP contribution in [0.5, 0.6) is 11.5 Å². The van der Waals surface area contributed by atoms with Crippen LogP contribution in [0.3, 0.4) is 0 Å². The van der Waals surface area contributed by atoms with Gasteiger partial charge in [0.2, 0.25) is 0 Å². The van der Waals surface area contributed by atoms with Gasteiger partial charge in [-0.25, -0.2) is 0 Å². The first-order valence-electron chi connectivity index (χ1n) is 15.2. The molecule has 2 saturated carbocycles. The number of carbonyl (C=O) groups excluding carboxylic acids is 1. The Bertz CT molecular complexity index is 1390. The molecule has 7 rings (SSSR count). The van der Waals surface area contributed by atoms with Crippen molar-refractivity contribution in [3.05, 3.63) is 49.9 Å². The molecule has 2 N–H and O–H groups in total. The van der Waals surface area contributed by atoms with Gasteiger partial charge < -0.3 is 24.5 Å². The van der Waals surface area contributed by atoms with Gasteiger partial charge in [-0.2, -0.15) is 0 Å². The van der Waals surface area contributed by atoms with Crippen LogP contribution in [-0.4, -0.2) is 66.6 Å². The number of halogens is 1. The van der Waals surface area contributed by atoms with Crippen molar-refractivity contribution >= 4 is 29.3 Å². The number of nitrogens with zero attached hydrogens (tertiary/aromatic N) is 1. The molecule has 2 saturated heterocycles. The van der Waals surface area contributed by atoms with Gasteiger partial charge in [0, 0.05) is 65.5 Å². The maximum atomic E-state index is 13.4. The summed E-state index contributed by atoms with van der Waals surface area (Å²) in [7, 11) is 1.85. The first-order valence-corrected chi connectivity index (χ1v) is 16.8. The van der Waals surface area contributed by atoms with Crippen molar-refractivity contribution in [1.82, 2.24) is 15.2 Å². The normalized spacial score (nSPS) is 29.0. The standard InChI is InChI=1S/C32H42ClN3O5S/c1-17-12-27(42-4)23(32(38)35-17)15-34-31(37)22-14-24(33)30-28(18(22)2)41-26(6-5-11-40-30)19-7-9-21(10-8-19)36-16-20-13-25(36)29(20)39-3/h12,14,19-21,25-26,29H,5-11,13,15-16H2,1-4H3,(H,34,37)(H,35,38)/t19?,20?,21?,25?,26-,29?/m1/s1. The summed E-state index contributed by atoms with van der Waals surface area (Å²) in [5, 5.41) is 3.30. The van der Waals surface area contributed by atoms with Crippen LogP contribution in [0.15, 0.2) is 21.8 Å². The fourth-order valence-corrected chi connectivity index (χ4v) is 8.65. The van der Waals surface area contributed by atoms with E-state index in [9.17, 15) is 9.59 Å². The molecule has 4 atom stereocenters. The SMILES string of the molecule is COC1C2CC1N(C1CCC([C@H]3CCCOc4c(Cl)cc(C(=O)NCc5c(SC)cc(C)[nH]c5=O)c(C)c4O3)CC1)C2. The van der Waals surface area contributed by atoms with Crippen LogP contribution in [0.1, 0.15) is 72.1 Å². The lowest BCUT2D eigenvalue weighted by atomic mass is 9.79. The zero-order valence-electron chi connectivity index (χ0n) is 25.0. The average molecular weight is 616 g/mol. The van der Waals surface area contributed by atoms with E-state index >= 15 is 0 Å². The number of carbonyl (C=O) groups is 1. The second kappa shape index (κ2) is 12.4. The van der Waals surface area contributed by atoms with Gasteiger partial charge in [0.15, 0.2) is 11.5 Å². The fourth-order valence-electron chi connectivity index (χ4n) is 7.69. The molecule has 3 unspecified atom stereocenters. The molecule has 0 spiro atoms. The molecule has 4 fully saturated rings. The topological polar surface area (TPSA) is 92.9 Å². The van der Waals surface area contributed by atoms with E-state index in [-0.39, 0.29) is 24.1 Å². The molecule has 8 nitrogen and oxygen atoms in total. The van der Waals surface area contributed by atoms with Crippen molar-refractivity contribution in [2.45, 2.75) is 94.5 Å². The van der Waals surface area contributed by atoms with Gasteiger partial charge in [0.25, 0.3) is 11.5 Å². The number of benzene rings is 1. The molecule has 42 heavy (non-hydrogen) atoms. The highest BCUT2D eigenvalue weighted by Gasteiger charge is 2.54. The number of ether oxygens (including phenoxy) is 3. The Morgan fingerprint density at radius 1 is 1.17 bits per heavy atom. The molecule has 1 amide bonds. The summed E-state index contributed by atoms with van der Waals surface area (Å²) in [6.45, 7) is 5.60. The molecule has 4 heterocycles. The number of aromatic nitrogens is 1. The highest BCUT2D eigenvalue weighted by atomic mass is 35.5. The van der Waals surface area contributed by atoms with Crippen molar-refractivity contribution in [3.8, 4) is 11.5 Å². The van der Waals surface area contributed by atoms with Crippen LogP contribution in [0.25, 0.3) is 0 Å². The summed E-state index contributed by atoms with van der Waals surface area (Å²) < 4.78 is 18.6. The highest BCUT2D eigenvalue weighted by Crippen LogP contribution is 2.48. The summed E-state index contributed by atoms with van der Waals surface area (Å²) in [5.41, 5.74) is 2.27. The number of rotatable bonds is 7. The molecular formula is C32H42ClN3O5S. The van der Waals surface area contributed by atoms with E-state index in [1.807, 2.05) is 33.3 Å². The maximum Gasteiger partial charge on any atom is 0.254 e. The van der Waals surface area contributed by atoms with Gasteiger partial charge in [0.05, 0.1) is 17.7 Å². The molecule has 2 bridgehead atoms. The van der Waals surface area contributed by atoms with Crippen molar-refractivity contribution in [2.75, 3.05) is 26.5 Å². The van der Waals surface area contributed by atoms with Gasteiger partial charge >= 0.3 is 0 Å². The van der Waals surface area contributed by atoms with Crippen LogP contribution in [0, 0.1) is 25.7 Å². The molecule has 2 aliphatic carbocycles. The molecule has 2 aromatic rings. The van der Waals surface area contributed by atoms with Gasteiger partial charge in [-0.1, -0.05) is 11.6 Å². The predicted octanol–water partition coefficient (Wildman–Crippen LogP) is 5.49. The summed E-state index contributed by atoms with van der Waals surface area (Å²) in [4.78, 5) is 32.4. The van der Waals surface area contributed by atoms with Gasteiger partial charge in [0.1, 0.15) is 6.10 Å². The second-order valence-corrected chi connectivity index (χ2v) is 13.6. The van der Waals surface area contributed by atoms with Crippen LogP contribution in [0.4, 0.5) is 0 Å². The minimum Gasteiger partial charge on any atom is -0.488 e. The highest BCUT2D eigenvalue weighted by molar-refractivity contribution is 7.98. The lowest BCUT2D eigenvalue weighted by molar-refractivity contribution is -0.0283. The zero-order chi connectivity index (χ0) is 29.5. The number of thioether (sulfide) groups is 1. The molecule has 10 heteroatoms. The molecule has 228 valence electrons. The fraction of sp³-hybridized carbons (Fsp3) is 0.625. The van der Waals surface area contributed by atoms with E-state index in [1.54, 1.807) is 6.07 Å². The Morgan fingerprint density at radius 2 is 1.95 bits per heavy atom. The summed E-state index contributed by atoms with van der Waals surface area (Å²) in [6, 6.07) is 4.82. The van der Waals surface area contributed by atoms with Crippen LogP contribution in [0.2, 0.25) is 5.02 Å². The minimum atomic E-state index is -0.301. The Hall–Kier alpha value is -2.20. The number of aryl methyl sites for hydroxylation is 1. The number of nitrogens with one attached hydrogen (secondary N) is 2. The first-order chi connectivity index (χ1) is 20.3. The minimum absolute atomic E-state index is 0.0518. The second-order valence-electron chi connectivity index (χ2n) is 12.4. The molecule has 1 aromatic heterocycles. The number of fused-ring (bicyclic) bond motifs is 2. The molecule has 3 aliphatic heterocycles. The third-order valence-electron chi connectivity index (χ3n) is 9.98. The molecule has 1 aromatic carbocycles. The maximum absolute atomic E-state index is 13.4. The molecule has 0 radical (unpaired) electrons. The van der Waals surface area contributed by atoms with E-state index in [4.69, 9.17) is 25.8 Å². The van der Waals surface area contributed by atoms with E-state index in [0.717, 1.165) is 36.3 Å². The Labute approximate surface area is 257 Å². The number of hydrogen-bond acceptors (Lipinski definition) is 7. The lowest BCUT2D eigenvalue weighted by Gasteiger charge is -2.42. The Kier molecular flexibility index (Phi) is 8.83. The lowest BCUT2D eigenvalue weighted by Crippen LogP contribution is -2.48. The van der Waals surface area contributed by atoms with Crippen molar-refractivity contribution in [1.29, 1.82) is 0 Å². The monoisotopic (exact) mass is 615 g/mol. The van der Waals surface area contributed by atoms with Crippen LogP contribution < -0.4 is 20.3 Å². The van der Waals surface area contributed by atoms with E-state index in [0.29, 0.717) is 69.8 Å². The predicted molar refractivity (Wildman–Crippen MR) is 165 cm³/mol. The van der Waals surface area contributed by atoms with Crippen LogP contribution >= 0.6 is 23.4 Å². The largest absolute Gasteiger partial charge is 0.488 e. The third-order valence-corrected chi connectivity index (χ3v) is 11.1. The first kappa shape index (κ1) is 29.9. The summed E-state index contributed by atoms with van der Waals surface area (Å²) in [5.74, 6) is 1.96.